The molecule has 0 saturated heterocycles. The van der Waals surface area contributed by atoms with Gasteiger partial charge in [-0.1, -0.05) is 110 Å². The Morgan fingerprint density at radius 2 is 0.779 bits per heavy atom. The Labute approximate surface area is 432 Å². The molecule has 68 heavy (non-hydrogen) atoms. The van der Waals surface area contributed by atoms with E-state index in [2.05, 4.69) is 155 Å². The van der Waals surface area contributed by atoms with Crippen LogP contribution in [-0.2, 0) is 64.6 Å². The summed E-state index contributed by atoms with van der Waals surface area (Å²) in [5, 5.41) is 0. The van der Waals surface area contributed by atoms with Crippen molar-refractivity contribution in [3.05, 3.63) is 158 Å². The molecule has 0 fully saturated rings. The molecule has 4 aromatic heterocycles. The topological polar surface area (TPSA) is 106 Å². The van der Waals surface area contributed by atoms with Crippen LogP contribution in [-0.4, -0.2) is 23.9 Å². The second-order valence-corrected chi connectivity index (χ2v) is 18.3. The zero-order valence-electron chi connectivity index (χ0n) is 43.9. The third-order valence-corrected chi connectivity index (χ3v) is 14.2. The van der Waals surface area contributed by atoms with Crippen molar-refractivity contribution >= 4 is 48.2 Å². The Bertz CT molecular complexity index is 2810. The van der Waals surface area contributed by atoms with Gasteiger partial charge in [0.1, 0.15) is 0 Å². The van der Waals surface area contributed by atoms with Crippen LogP contribution in [0.3, 0.4) is 0 Å². The van der Waals surface area contributed by atoms with Gasteiger partial charge in [0.2, 0.25) is 0 Å². The van der Waals surface area contributed by atoms with E-state index in [9.17, 15) is 0 Å². The van der Waals surface area contributed by atoms with Gasteiger partial charge in [0.05, 0.1) is 22.8 Å². The zero-order valence-corrected chi connectivity index (χ0v) is 49.8. The van der Waals surface area contributed by atoms with Crippen molar-refractivity contribution in [2.45, 2.75) is 149 Å². The van der Waals surface area contributed by atoms with Crippen molar-refractivity contribution in [2.75, 3.05) is 0 Å². The summed E-state index contributed by atoms with van der Waals surface area (Å²) in [6.45, 7) is 34.4. The maximum Gasteiger partial charge on any atom is 2.00 e. The molecule has 4 aromatic rings. The molecule has 8 nitrogen and oxygen atoms in total. The van der Waals surface area contributed by atoms with E-state index in [1.54, 1.807) is 0 Å². The fourth-order valence-corrected chi connectivity index (χ4v) is 9.94. The van der Waals surface area contributed by atoms with Gasteiger partial charge in [-0.25, -0.2) is 0 Å². The van der Waals surface area contributed by atoms with E-state index >= 15 is 0 Å². The molecule has 344 valence electrons. The Morgan fingerprint density at radius 3 is 1.12 bits per heavy atom. The van der Waals surface area contributed by atoms with E-state index in [-0.39, 0.29) is 39.0 Å². The maximum absolute atomic E-state index is 4.91. The van der Waals surface area contributed by atoms with Crippen LogP contribution in [0.1, 0.15) is 161 Å². The first-order valence-electron chi connectivity index (χ1n) is 23.8. The summed E-state index contributed by atoms with van der Waals surface area (Å²) in [5.74, 6) is 0. The van der Waals surface area contributed by atoms with E-state index in [1.165, 1.54) is 89.1 Å². The molecule has 0 spiro atoms. The van der Waals surface area contributed by atoms with Gasteiger partial charge in [0.25, 0.3) is 0 Å². The van der Waals surface area contributed by atoms with E-state index in [1.807, 2.05) is 24.8 Å². The number of aromatic nitrogens is 4. The third-order valence-electron chi connectivity index (χ3n) is 14.2. The largest absolute Gasteiger partial charge is 2.00 e. The van der Waals surface area contributed by atoms with Gasteiger partial charge in [-0.2, -0.15) is 23.8 Å². The number of nitrogens with zero attached hydrogens (tertiary/aromatic N) is 8. The molecule has 10 heteroatoms. The van der Waals surface area contributed by atoms with Gasteiger partial charge in [-0.3, -0.25) is 20.0 Å². The van der Waals surface area contributed by atoms with Crippen molar-refractivity contribution in [2.24, 2.45) is 20.0 Å². The van der Waals surface area contributed by atoms with Gasteiger partial charge in [-0.15, -0.1) is 22.8 Å². The first-order valence-corrected chi connectivity index (χ1v) is 23.8. The maximum atomic E-state index is 4.91. The van der Waals surface area contributed by atoms with Crippen LogP contribution in [0.25, 0.3) is 24.3 Å². The standard InChI is InChI=1S/2C29H34N4.2Zn/c2*1-9-22-16(3)14-30-28(22)12-26-18(5)24(20(7)32-26)11-25-19(6)27(33-21(25)8)13-29-23(10-2)17(4)15-31-29;;/h2*12-15H,9-11H2,1-8H3;;/q2*-2;2*+2/b26-12+,29-13+;26-12-,29-13+;;. The number of aryl methyl sites for hydroxylation is 4. The van der Waals surface area contributed by atoms with E-state index in [0.717, 1.165) is 107 Å². The molecule has 0 atom stereocenters. The van der Waals surface area contributed by atoms with Gasteiger partial charge in [0, 0.05) is 23.9 Å². The van der Waals surface area contributed by atoms with Gasteiger partial charge in [0.15, 0.2) is 0 Å². The SMILES string of the molecule is CCC1=C(C)C=N/C1=C/c1[n-]c(C)c(CC2=C(C)/C(=C/c3[n-]cc(C)c3CC)N=C2C)c1C.CCC1=C(C)C=N/C1=C/c1[n-]c(C)c(CC2=C(C)/C(=C\c3[n-]cc(C)c3CC)N=C2C)c1C.[Zn+2].[Zn+2]. The fraction of sp³-hybridized carbons (Fsp3) is 0.379. The molecule has 0 N–H and O–H groups in total. The molecule has 0 unspecified atom stereocenters. The quantitative estimate of drug-likeness (QED) is 0.132. The molecule has 8 rings (SSSR count). The number of hydrogen-bond acceptors (Lipinski definition) is 4. The van der Waals surface area contributed by atoms with E-state index < -0.39 is 0 Å². The Balaban J connectivity index is 0.000000247. The second kappa shape index (κ2) is 22.6. The average Bonchev–Trinajstić information content (AvgIpc) is 4.17. The summed E-state index contributed by atoms with van der Waals surface area (Å²) < 4.78 is 0. The smallest absolute Gasteiger partial charge is 0.664 e. The minimum atomic E-state index is 0. The van der Waals surface area contributed by atoms with Gasteiger partial charge >= 0.3 is 39.0 Å². The molecule has 0 radical (unpaired) electrons. The summed E-state index contributed by atoms with van der Waals surface area (Å²) in [4.78, 5) is 38.1. The normalized spacial score (nSPS) is 18.1. The summed E-state index contributed by atoms with van der Waals surface area (Å²) in [5.41, 5.74) is 33.1. The molecule has 0 aliphatic carbocycles. The van der Waals surface area contributed by atoms with Crippen LogP contribution in [0, 0.1) is 41.5 Å². The average molecular weight is 1010 g/mol. The number of hydrogen-bond donors (Lipinski definition) is 0. The Kier molecular flexibility index (Phi) is 17.9. The molecule has 0 bridgehead atoms. The number of aliphatic imine (C=N–C) groups is 4. The molecular weight excluding hydrogens is 939 g/mol. The second-order valence-electron chi connectivity index (χ2n) is 18.3. The molecule has 0 saturated carbocycles. The van der Waals surface area contributed by atoms with E-state index in [4.69, 9.17) is 20.0 Å². The van der Waals surface area contributed by atoms with E-state index in [0.29, 0.717) is 0 Å². The number of rotatable bonds is 12. The van der Waals surface area contributed by atoms with Crippen molar-refractivity contribution in [3.8, 4) is 0 Å². The van der Waals surface area contributed by atoms with Crippen LogP contribution in [0.5, 0.6) is 0 Å². The number of allylic oxidation sites excluding steroid dienone is 8. The van der Waals surface area contributed by atoms with Crippen LogP contribution in [0.15, 0.2) is 99.7 Å². The van der Waals surface area contributed by atoms with Crippen molar-refractivity contribution in [1.29, 1.82) is 0 Å². The molecule has 0 amide bonds. The molecule has 4 aliphatic rings. The molecule has 8 heterocycles. The minimum Gasteiger partial charge on any atom is -0.664 e. The monoisotopic (exact) mass is 1000 g/mol. The summed E-state index contributed by atoms with van der Waals surface area (Å²) in [6, 6.07) is 0. The first kappa shape index (κ1) is 53.9. The summed E-state index contributed by atoms with van der Waals surface area (Å²) >= 11 is 0. The summed E-state index contributed by atoms with van der Waals surface area (Å²) in [7, 11) is 0. The van der Waals surface area contributed by atoms with Crippen molar-refractivity contribution in [3.63, 3.8) is 0 Å². The predicted molar refractivity (Wildman–Crippen MR) is 280 cm³/mol. The van der Waals surface area contributed by atoms with Crippen molar-refractivity contribution in [1.82, 2.24) is 19.9 Å². The molecule has 0 aromatic carbocycles. The van der Waals surface area contributed by atoms with Crippen LogP contribution >= 0.6 is 0 Å². The van der Waals surface area contributed by atoms with Gasteiger partial charge in [-0.05, 0) is 152 Å². The Hall–Kier alpha value is -5.03. The molecule has 4 aliphatic heterocycles. The van der Waals surface area contributed by atoms with Gasteiger partial charge < -0.3 is 19.9 Å². The van der Waals surface area contributed by atoms with Crippen molar-refractivity contribution < 1.29 is 39.0 Å². The predicted octanol–water partition coefficient (Wildman–Crippen LogP) is 13.2. The zero-order chi connectivity index (χ0) is 47.7. The van der Waals surface area contributed by atoms with Crippen LogP contribution < -0.4 is 19.9 Å². The summed E-state index contributed by atoms with van der Waals surface area (Å²) in [6.07, 6.45) is 22.1. The fourth-order valence-electron chi connectivity index (χ4n) is 9.94. The Morgan fingerprint density at radius 1 is 0.426 bits per heavy atom. The van der Waals surface area contributed by atoms with Crippen LogP contribution in [0.4, 0.5) is 0 Å². The third kappa shape index (κ3) is 10.7. The first-order chi connectivity index (χ1) is 31.5. The minimum absolute atomic E-state index is 0. The molecular formula is C58H68N8Zn2. The van der Waals surface area contributed by atoms with Crippen LogP contribution in [0.2, 0.25) is 0 Å².